The molecule has 0 radical (unpaired) electrons. The van der Waals surface area contributed by atoms with Crippen molar-refractivity contribution in [2.45, 2.75) is 30.4 Å². The first-order chi connectivity index (χ1) is 14.0. The summed E-state index contributed by atoms with van der Waals surface area (Å²) in [6.07, 6.45) is 1.38. The minimum atomic E-state index is -3.89. The molecule has 156 valence electrons. The van der Waals surface area contributed by atoms with E-state index >= 15 is 0 Å². The van der Waals surface area contributed by atoms with Crippen LogP contribution in [0.4, 0.5) is 0 Å². The van der Waals surface area contributed by atoms with Gasteiger partial charge in [0.1, 0.15) is 18.4 Å². The highest BCUT2D eigenvalue weighted by atomic mass is 32.2. The van der Waals surface area contributed by atoms with Crippen molar-refractivity contribution in [1.82, 2.24) is 10.0 Å². The molecule has 7 nitrogen and oxygen atoms in total. The Hall–Kier alpha value is -2.42. The van der Waals surface area contributed by atoms with Gasteiger partial charge in [0.15, 0.2) is 0 Å². The number of carbonyl (C=O) groups is 1. The molecule has 0 aliphatic carbocycles. The first-order valence-corrected chi connectivity index (χ1v) is 11.1. The van der Waals surface area contributed by atoms with Gasteiger partial charge in [0.2, 0.25) is 10.0 Å². The van der Waals surface area contributed by atoms with E-state index in [-0.39, 0.29) is 17.4 Å². The number of benzene rings is 2. The Balaban J connectivity index is 1.75. The van der Waals surface area contributed by atoms with Crippen molar-refractivity contribution in [1.29, 1.82) is 0 Å². The van der Waals surface area contributed by atoms with Crippen LogP contribution in [0, 0.1) is 5.92 Å². The summed E-state index contributed by atoms with van der Waals surface area (Å²) in [7, 11) is -2.38. The van der Waals surface area contributed by atoms with Crippen LogP contribution in [-0.2, 0) is 26.2 Å². The number of ether oxygens (including phenoxy) is 2. The monoisotopic (exact) mass is 418 g/mol. The quantitative estimate of drug-likeness (QED) is 0.638. The first-order valence-electron chi connectivity index (χ1n) is 9.57. The fraction of sp³-hybridized carbons (Fsp3) is 0.381. The van der Waals surface area contributed by atoms with E-state index in [0.29, 0.717) is 18.6 Å². The summed E-state index contributed by atoms with van der Waals surface area (Å²) < 4.78 is 38.9. The normalized spacial score (nSPS) is 16.2. The van der Waals surface area contributed by atoms with Crippen LogP contribution in [0.15, 0.2) is 59.5 Å². The van der Waals surface area contributed by atoms with Gasteiger partial charge >= 0.3 is 5.97 Å². The molecule has 0 aromatic heterocycles. The summed E-state index contributed by atoms with van der Waals surface area (Å²) in [5.74, 6) is -0.133. The molecule has 2 N–H and O–H groups in total. The number of carbonyl (C=O) groups excluding carboxylic acids is 1. The Morgan fingerprint density at radius 3 is 2.38 bits per heavy atom. The number of hydrogen-bond acceptors (Lipinski definition) is 6. The molecule has 0 saturated carbocycles. The van der Waals surface area contributed by atoms with E-state index in [0.717, 1.165) is 18.7 Å². The van der Waals surface area contributed by atoms with Crippen LogP contribution in [0.25, 0.3) is 0 Å². The number of methoxy groups -OCH3 is 1. The van der Waals surface area contributed by atoms with Gasteiger partial charge in [-0.05, 0) is 61.7 Å². The van der Waals surface area contributed by atoms with Crippen LogP contribution >= 0.6 is 0 Å². The first kappa shape index (κ1) is 21.3. The molecule has 29 heavy (non-hydrogen) atoms. The molecule has 1 fully saturated rings. The lowest BCUT2D eigenvalue weighted by Gasteiger charge is -2.29. The zero-order chi connectivity index (χ0) is 20.7. The largest absolute Gasteiger partial charge is 0.497 e. The lowest BCUT2D eigenvalue weighted by atomic mass is 9.91. The number of sulfonamides is 1. The van der Waals surface area contributed by atoms with Crippen molar-refractivity contribution in [3.05, 3.63) is 60.2 Å². The summed E-state index contributed by atoms with van der Waals surface area (Å²) in [4.78, 5) is 12.9. The molecule has 3 rings (SSSR count). The van der Waals surface area contributed by atoms with Crippen molar-refractivity contribution in [3.8, 4) is 5.75 Å². The van der Waals surface area contributed by atoms with E-state index in [1.165, 1.54) is 19.2 Å². The van der Waals surface area contributed by atoms with Gasteiger partial charge in [-0.2, -0.15) is 4.72 Å². The minimum absolute atomic E-state index is 0.0769. The molecule has 0 spiro atoms. The summed E-state index contributed by atoms with van der Waals surface area (Å²) in [6, 6.07) is 14.4. The van der Waals surface area contributed by atoms with E-state index in [1.54, 1.807) is 12.1 Å². The fourth-order valence-electron chi connectivity index (χ4n) is 3.32. The Morgan fingerprint density at radius 1 is 1.10 bits per heavy atom. The fourth-order valence-corrected chi connectivity index (χ4v) is 4.58. The second-order valence-electron chi connectivity index (χ2n) is 6.96. The molecule has 8 heteroatoms. The van der Waals surface area contributed by atoms with Crippen LogP contribution in [0.3, 0.4) is 0 Å². The molecule has 2 aromatic rings. The predicted molar refractivity (Wildman–Crippen MR) is 109 cm³/mol. The Morgan fingerprint density at radius 2 is 1.76 bits per heavy atom. The molecule has 0 bridgehead atoms. The van der Waals surface area contributed by atoms with Crippen LogP contribution in [0.5, 0.6) is 5.75 Å². The summed E-state index contributed by atoms with van der Waals surface area (Å²) in [5.41, 5.74) is 0.850. The smallest absolute Gasteiger partial charge is 0.324 e. The Bertz CT molecular complexity index is 894. The maximum absolute atomic E-state index is 12.9. The van der Waals surface area contributed by atoms with E-state index in [9.17, 15) is 13.2 Å². The molecular formula is C21H26N2O5S. The minimum Gasteiger partial charge on any atom is -0.497 e. The average molecular weight is 419 g/mol. The SMILES string of the molecule is COc1ccc(S(=O)(=O)N[C@@H](C(=O)OCc2ccccc2)C2CCNCC2)cc1. The molecule has 1 atom stereocenters. The zero-order valence-electron chi connectivity index (χ0n) is 16.3. The van der Waals surface area contributed by atoms with Gasteiger partial charge in [0, 0.05) is 0 Å². The molecule has 1 aliphatic heterocycles. The van der Waals surface area contributed by atoms with Crippen LogP contribution in [-0.4, -0.2) is 40.6 Å². The molecule has 1 heterocycles. The number of hydrogen-bond donors (Lipinski definition) is 2. The molecule has 0 unspecified atom stereocenters. The second-order valence-corrected chi connectivity index (χ2v) is 8.67. The zero-order valence-corrected chi connectivity index (χ0v) is 17.2. The van der Waals surface area contributed by atoms with Gasteiger partial charge in [-0.3, -0.25) is 4.79 Å². The Labute approximate surface area is 171 Å². The van der Waals surface area contributed by atoms with Gasteiger partial charge in [0.25, 0.3) is 0 Å². The number of piperidine rings is 1. The highest BCUT2D eigenvalue weighted by Gasteiger charge is 2.34. The van der Waals surface area contributed by atoms with Crippen molar-refractivity contribution < 1.29 is 22.7 Å². The third kappa shape index (κ3) is 5.79. The van der Waals surface area contributed by atoms with Gasteiger partial charge in [0.05, 0.1) is 12.0 Å². The third-order valence-corrected chi connectivity index (χ3v) is 6.44. The van der Waals surface area contributed by atoms with Crippen molar-refractivity contribution in [3.63, 3.8) is 0 Å². The van der Waals surface area contributed by atoms with Gasteiger partial charge < -0.3 is 14.8 Å². The molecular weight excluding hydrogens is 392 g/mol. The second kappa shape index (κ2) is 9.87. The summed E-state index contributed by atoms with van der Waals surface area (Å²) in [6.45, 7) is 1.57. The highest BCUT2D eigenvalue weighted by Crippen LogP contribution is 2.22. The van der Waals surface area contributed by atoms with E-state index in [2.05, 4.69) is 10.0 Å². The number of nitrogens with one attached hydrogen (secondary N) is 2. The van der Waals surface area contributed by atoms with Crippen LogP contribution in [0.2, 0.25) is 0 Å². The standard InChI is InChI=1S/C21H26N2O5S/c1-27-18-7-9-19(10-8-18)29(25,26)23-20(17-11-13-22-14-12-17)21(24)28-15-16-5-3-2-4-6-16/h2-10,17,20,22-23H,11-15H2,1H3/t20-/m1/s1. The maximum atomic E-state index is 12.9. The predicted octanol–water partition coefficient (Wildman–Crippen LogP) is 2.09. The number of esters is 1. The van der Waals surface area contributed by atoms with Gasteiger partial charge in [-0.25, -0.2) is 8.42 Å². The maximum Gasteiger partial charge on any atom is 0.324 e. The van der Waals surface area contributed by atoms with Crippen molar-refractivity contribution in [2.75, 3.05) is 20.2 Å². The lowest BCUT2D eigenvalue weighted by molar-refractivity contribution is -0.148. The topological polar surface area (TPSA) is 93.7 Å². The summed E-state index contributed by atoms with van der Waals surface area (Å²) >= 11 is 0. The van der Waals surface area contributed by atoms with E-state index in [4.69, 9.17) is 9.47 Å². The van der Waals surface area contributed by atoms with Crippen molar-refractivity contribution >= 4 is 16.0 Å². The molecule has 1 saturated heterocycles. The van der Waals surface area contributed by atoms with E-state index in [1.807, 2.05) is 30.3 Å². The van der Waals surface area contributed by atoms with Gasteiger partial charge in [-0.1, -0.05) is 30.3 Å². The van der Waals surface area contributed by atoms with Crippen LogP contribution < -0.4 is 14.8 Å². The highest BCUT2D eigenvalue weighted by molar-refractivity contribution is 7.89. The van der Waals surface area contributed by atoms with Gasteiger partial charge in [-0.15, -0.1) is 0 Å². The van der Waals surface area contributed by atoms with E-state index < -0.39 is 22.0 Å². The molecule has 0 amide bonds. The average Bonchev–Trinajstić information content (AvgIpc) is 2.77. The number of rotatable bonds is 8. The summed E-state index contributed by atoms with van der Waals surface area (Å²) in [5, 5.41) is 3.23. The molecule has 2 aromatic carbocycles. The molecule has 1 aliphatic rings. The van der Waals surface area contributed by atoms with Crippen LogP contribution in [0.1, 0.15) is 18.4 Å². The lowest BCUT2D eigenvalue weighted by Crippen LogP contribution is -2.49. The third-order valence-electron chi connectivity index (χ3n) is 4.98. The van der Waals surface area contributed by atoms with Crippen molar-refractivity contribution in [2.24, 2.45) is 5.92 Å². The Kier molecular flexibility index (Phi) is 7.24.